The van der Waals surface area contributed by atoms with Crippen LogP contribution in [0.2, 0.25) is 0 Å². The Morgan fingerprint density at radius 3 is 2.60 bits per heavy atom. The Morgan fingerprint density at radius 2 is 2.30 bits per heavy atom. The molecule has 1 fully saturated rings. The summed E-state index contributed by atoms with van der Waals surface area (Å²) in [4.78, 5) is 6.18. The highest BCUT2D eigenvalue weighted by atomic mass is 15.2. The topological polar surface area (TPSA) is 7.60 Å². The molecule has 0 bridgehead atoms. The van der Waals surface area contributed by atoms with E-state index in [1.807, 2.05) is 0 Å². The van der Waals surface area contributed by atoms with E-state index in [1.54, 1.807) is 0 Å². The van der Waals surface area contributed by atoms with Crippen molar-refractivity contribution in [2.75, 3.05) is 13.1 Å². The fraction of sp³-hybridized carbons (Fsp3) is 0.875. The first kappa shape index (κ1) is 7.56. The number of hydrogen-bond acceptors (Lipinski definition) is 1. The highest BCUT2D eigenvalue weighted by Crippen LogP contribution is 2.14. The van der Waals surface area contributed by atoms with Crippen molar-refractivity contribution in [2.24, 2.45) is 0 Å². The summed E-state index contributed by atoms with van der Waals surface area (Å²) in [6, 6.07) is 1.04. The third-order valence-electron chi connectivity index (χ3n) is 2.14. The van der Waals surface area contributed by atoms with Crippen molar-refractivity contribution in [3.8, 4) is 6.57 Å². The first-order chi connectivity index (χ1) is 4.74. The van der Waals surface area contributed by atoms with Gasteiger partial charge in [0.1, 0.15) is 0 Å². The van der Waals surface area contributed by atoms with E-state index >= 15 is 0 Å². The van der Waals surface area contributed by atoms with E-state index in [2.05, 4.69) is 23.6 Å². The van der Waals surface area contributed by atoms with E-state index in [0.29, 0.717) is 12.1 Å². The molecule has 56 valence electrons. The van der Waals surface area contributed by atoms with Crippen LogP contribution in [-0.2, 0) is 0 Å². The van der Waals surface area contributed by atoms with Crippen LogP contribution in [0.25, 0.3) is 4.85 Å². The molecule has 1 rings (SSSR count). The van der Waals surface area contributed by atoms with Crippen LogP contribution >= 0.6 is 0 Å². The van der Waals surface area contributed by atoms with Crippen molar-refractivity contribution >= 4 is 0 Å². The number of rotatable bonds is 1. The Kier molecular flexibility index (Phi) is 2.29. The quantitative estimate of drug-likeness (QED) is 0.533. The minimum atomic E-state index is 0.391. The first-order valence-corrected chi connectivity index (χ1v) is 3.88. The minimum Gasteiger partial charge on any atom is -0.293 e. The normalized spacial score (nSPS) is 27.2. The smallest absolute Gasteiger partial charge is 0.285 e. The monoisotopic (exact) mass is 139 g/mol. The lowest BCUT2D eigenvalue weighted by molar-refractivity contribution is 0.275. The van der Waals surface area contributed by atoms with Crippen molar-refractivity contribution in [1.82, 2.24) is 4.90 Å². The van der Waals surface area contributed by atoms with Gasteiger partial charge >= 0.3 is 0 Å². The van der Waals surface area contributed by atoms with Crippen molar-refractivity contribution in [3.63, 3.8) is 0 Å². The van der Waals surface area contributed by atoms with E-state index in [4.69, 9.17) is 6.57 Å². The molecule has 0 aromatic carbocycles. The Bertz CT molecular complexity index is 146. The maximum absolute atomic E-state index is 5.19. The summed E-state index contributed by atoms with van der Waals surface area (Å²) in [5.41, 5.74) is 0. The number of nitrogens with zero attached hydrogens (tertiary/aromatic N) is 2. The molecular formula is C8H15N2+. The fourth-order valence-electron chi connectivity index (χ4n) is 1.36. The van der Waals surface area contributed by atoms with Gasteiger partial charge in [0.15, 0.2) is 0 Å². The molecule has 2 heteroatoms. The lowest BCUT2D eigenvalue weighted by Crippen LogP contribution is -2.28. The van der Waals surface area contributed by atoms with Gasteiger partial charge in [0.25, 0.3) is 12.6 Å². The predicted octanol–water partition coefficient (Wildman–Crippen LogP) is 1.43. The third kappa shape index (κ3) is 1.48. The summed E-state index contributed by atoms with van der Waals surface area (Å²) in [6.45, 7) is 11.8. The molecule has 0 N–H and O–H groups in total. The van der Waals surface area contributed by atoms with Gasteiger partial charge in [-0.2, -0.15) is 0 Å². The molecule has 1 aliphatic heterocycles. The highest BCUT2D eigenvalue weighted by molar-refractivity contribution is 4.91. The molecule has 1 heterocycles. The summed E-state index contributed by atoms with van der Waals surface area (Å²) in [7, 11) is 0. The minimum absolute atomic E-state index is 0.391. The highest BCUT2D eigenvalue weighted by Gasteiger charge is 2.29. The van der Waals surface area contributed by atoms with Gasteiger partial charge in [-0.05, 0) is 13.8 Å². The van der Waals surface area contributed by atoms with Crippen LogP contribution in [0.3, 0.4) is 0 Å². The second-order valence-corrected chi connectivity index (χ2v) is 3.18. The molecule has 1 saturated heterocycles. The molecule has 0 aromatic rings. The van der Waals surface area contributed by atoms with E-state index in [0.717, 1.165) is 19.5 Å². The van der Waals surface area contributed by atoms with E-state index in [1.165, 1.54) is 0 Å². The Morgan fingerprint density at radius 1 is 1.60 bits per heavy atom. The molecule has 0 amide bonds. The molecule has 10 heavy (non-hydrogen) atoms. The van der Waals surface area contributed by atoms with Gasteiger partial charge in [-0.3, -0.25) is 4.90 Å². The molecule has 0 radical (unpaired) electrons. The molecule has 0 unspecified atom stereocenters. The van der Waals surface area contributed by atoms with E-state index in [-0.39, 0.29) is 0 Å². The fourth-order valence-corrected chi connectivity index (χ4v) is 1.36. The van der Waals surface area contributed by atoms with Crippen LogP contribution < -0.4 is 0 Å². The average Bonchev–Trinajstić information content (AvgIpc) is 2.34. The van der Waals surface area contributed by atoms with Crippen molar-refractivity contribution in [3.05, 3.63) is 4.85 Å². The van der Waals surface area contributed by atoms with E-state index < -0.39 is 0 Å². The number of likely N-dealkylation sites (tertiary alicyclic amines) is 1. The van der Waals surface area contributed by atoms with E-state index in [9.17, 15) is 0 Å². The van der Waals surface area contributed by atoms with Crippen LogP contribution in [0.5, 0.6) is 0 Å². The van der Waals surface area contributed by atoms with Gasteiger partial charge in [0.2, 0.25) is 0 Å². The molecule has 1 atom stereocenters. The summed E-state index contributed by atoms with van der Waals surface area (Å²) in [5, 5.41) is 0. The maximum Gasteiger partial charge on any atom is 0.285 e. The first-order valence-electron chi connectivity index (χ1n) is 3.88. The molecular weight excluding hydrogens is 124 g/mol. The number of hydrogen-bond donors (Lipinski definition) is 0. The second-order valence-electron chi connectivity index (χ2n) is 3.18. The average molecular weight is 139 g/mol. The van der Waals surface area contributed by atoms with Gasteiger partial charge in [0, 0.05) is 19.0 Å². The van der Waals surface area contributed by atoms with Crippen LogP contribution in [0, 0.1) is 6.57 Å². The molecule has 0 saturated carbocycles. The van der Waals surface area contributed by atoms with Crippen molar-refractivity contribution in [1.29, 1.82) is 0 Å². The zero-order valence-corrected chi connectivity index (χ0v) is 6.75. The Labute approximate surface area is 62.7 Å². The van der Waals surface area contributed by atoms with Gasteiger partial charge in [0.05, 0.1) is 6.54 Å². The van der Waals surface area contributed by atoms with Crippen LogP contribution in [-0.4, -0.2) is 30.1 Å². The van der Waals surface area contributed by atoms with Gasteiger partial charge in [-0.15, -0.1) is 0 Å². The Hall–Kier alpha value is -0.550. The summed E-state index contributed by atoms with van der Waals surface area (Å²) >= 11 is 0. The summed E-state index contributed by atoms with van der Waals surface area (Å²) in [5.74, 6) is 0. The van der Waals surface area contributed by atoms with Gasteiger partial charge < -0.3 is 0 Å². The molecule has 1 aliphatic rings. The largest absolute Gasteiger partial charge is 0.293 e. The molecule has 2 nitrogen and oxygen atoms in total. The van der Waals surface area contributed by atoms with Crippen LogP contribution in [0.15, 0.2) is 0 Å². The molecule has 0 spiro atoms. The second kappa shape index (κ2) is 3.03. The lowest BCUT2D eigenvalue weighted by atomic mass is 10.3. The zero-order valence-electron chi connectivity index (χ0n) is 6.75. The van der Waals surface area contributed by atoms with Crippen molar-refractivity contribution < 1.29 is 0 Å². The van der Waals surface area contributed by atoms with Crippen LogP contribution in [0.1, 0.15) is 20.3 Å². The van der Waals surface area contributed by atoms with Gasteiger partial charge in [-0.25, -0.2) is 0 Å². The predicted molar refractivity (Wildman–Crippen MR) is 43.4 cm³/mol. The molecule has 0 aliphatic carbocycles. The lowest BCUT2D eigenvalue weighted by Gasteiger charge is -2.17. The van der Waals surface area contributed by atoms with Crippen LogP contribution in [0.4, 0.5) is 0 Å². The molecule has 0 aromatic heterocycles. The maximum atomic E-state index is 5.19. The summed E-state index contributed by atoms with van der Waals surface area (Å²) < 4.78 is 0. The zero-order chi connectivity index (χ0) is 7.56. The third-order valence-corrected chi connectivity index (χ3v) is 2.14. The van der Waals surface area contributed by atoms with Gasteiger partial charge in [-0.1, -0.05) is 4.85 Å². The Balaban J connectivity index is 2.37. The van der Waals surface area contributed by atoms with Crippen molar-refractivity contribution in [2.45, 2.75) is 32.4 Å². The SMILES string of the molecule is C#[N+][C@@H]1CCN(C(C)C)C1. The standard InChI is InChI=1S/C8H15N2/c1-7(2)10-5-4-8(6-10)9-3/h3,7-8H,4-6H2,1-2H3/q+1/t8-/m1/s1. The summed E-state index contributed by atoms with van der Waals surface area (Å²) in [6.07, 6.45) is 1.13.